The fraction of sp³-hybridized carbons (Fsp3) is 0.292. The van der Waals surface area contributed by atoms with Crippen LogP contribution >= 0.6 is 11.3 Å². The number of aryl methyl sites for hydroxylation is 1. The van der Waals surface area contributed by atoms with Gasteiger partial charge in [0.2, 0.25) is 5.91 Å². The average Bonchev–Trinajstić information content (AvgIpc) is 3.39. The standard InChI is InChI=1S/C24H28N4O5S/c1-16-11-19(12-20(21-14-34-15-26-21)23(16)27-22(30)13-29)33-10-4-2-3-9-32-18-7-5-17(6-8-18)24(25)28-31/h5-8,11-12,14-15,29,31H,2-4,9-10,13H2,1H3,(H2,25,28)(H,27,30). The van der Waals surface area contributed by atoms with Gasteiger partial charge in [-0.1, -0.05) is 0 Å². The van der Waals surface area contributed by atoms with E-state index in [9.17, 15) is 4.79 Å². The number of nitrogens with zero attached hydrogens (tertiary/aromatic N) is 1. The van der Waals surface area contributed by atoms with Crippen LogP contribution in [0.25, 0.3) is 11.3 Å². The Kier molecular flexibility index (Phi) is 9.39. The highest BCUT2D eigenvalue weighted by atomic mass is 32.1. The highest BCUT2D eigenvalue weighted by molar-refractivity contribution is 7.07. The van der Waals surface area contributed by atoms with Crippen molar-refractivity contribution in [2.45, 2.75) is 26.2 Å². The molecule has 3 aromatic rings. The molecular formula is C24H28N4O5S. The lowest BCUT2D eigenvalue weighted by molar-refractivity contribution is -0.118. The van der Waals surface area contributed by atoms with Crippen molar-refractivity contribution in [2.75, 3.05) is 25.1 Å². The molecular weight excluding hydrogens is 456 g/mol. The number of thiazole rings is 1. The van der Waals surface area contributed by atoms with E-state index < -0.39 is 12.5 Å². The van der Waals surface area contributed by atoms with Gasteiger partial charge in [-0.25, -0.2) is 4.98 Å². The molecule has 1 amide bonds. The summed E-state index contributed by atoms with van der Waals surface area (Å²) in [6, 6.07) is 10.7. The van der Waals surface area contributed by atoms with Crippen LogP contribution in [0.2, 0.25) is 0 Å². The third-order valence-corrected chi connectivity index (χ3v) is 5.59. The second-order valence-corrected chi connectivity index (χ2v) is 8.23. The van der Waals surface area contributed by atoms with Gasteiger partial charge in [-0.05, 0) is 68.1 Å². The van der Waals surface area contributed by atoms with Crippen molar-refractivity contribution in [2.24, 2.45) is 0 Å². The van der Waals surface area contributed by atoms with Gasteiger partial charge in [-0.15, -0.1) is 11.3 Å². The lowest BCUT2D eigenvalue weighted by Crippen LogP contribution is -2.18. The van der Waals surface area contributed by atoms with Gasteiger partial charge in [0, 0.05) is 16.5 Å². The first-order valence-electron chi connectivity index (χ1n) is 10.8. The summed E-state index contributed by atoms with van der Waals surface area (Å²) < 4.78 is 11.7. The summed E-state index contributed by atoms with van der Waals surface area (Å²) >= 11 is 1.46. The van der Waals surface area contributed by atoms with Crippen molar-refractivity contribution in [3.63, 3.8) is 0 Å². The van der Waals surface area contributed by atoms with E-state index in [2.05, 4.69) is 10.3 Å². The van der Waals surface area contributed by atoms with Gasteiger partial charge in [0.25, 0.3) is 0 Å². The van der Waals surface area contributed by atoms with Gasteiger partial charge in [-0.3, -0.25) is 20.9 Å². The fourth-order valence-corrected chi connectivity index (χ4v) is 3.83. The number of hydrogen-bond acceptors (Lipinski definition) is 8. The van der Waals surface area contributed by atoms with Gasteiger partial charge in [0.05, 0.1) is 30.1 Å². The summed E-state index contributed by atoms with van der Waals surface area (Å²) in [6.07, 6.45) is 2.66. The highest BCUT2D eigenvalue weighted by Gasteiger charge is 2.15. The summed E-state index contributed by atoms with van der Waals surface area (Å²) in [7, 11) is 0. The molecule has 0 spiro atoms. The second kappa shape index (κ2) is 12.7. The molecule has 0 bridgehead atoms. The molecule has 0 radical (unpaired) electrons. The lowest BCUT2D eigenvalue weighted by Gasteiger charge is -2.15. The minimum Gasteiger partial charge on any atom is -0.494 e. The number of unbranched alkanes of at least 4 members (excludes halogenated alkanes) is 2. The molecule has 5 N–H and O–H groups in total. The Hall–Kier alpha value is -3.47. The summed E-state index contributed by atoms with van der Waals surface area (Å²) in [4.78, 5) is 16.1. The normalized spacial score (nSPS) is 10.6. The average molecular weight is 485 g/mol. The minimum absolute atomic E-state index is 0.0648. The molecule has 0 saturated carbocycles. The summed E-state index contributed by atoms with van der Waals surface area (Å²) in [6.45, 7) is 2.41. The molecule has 9 nitrogen and oxygen atoms in total. The van der Waals surface area contributed by atoms with Crippen LogP contribution in [0.4, 0.5) is 5.69 Å². The predicted octanol–water partition coefficient (Wildman–Crippen LogP) is 3.98. The van der Waals surface area contributed by atoms with E-state index in [1.807, 2.05) is 29.9 Å². The SMILES string of the molecule is Cc1cc(OCCCCCOc2ccc(C(=N)NO)cc2)cc(-c2cscn2)c1NC(=O)CO. The Balaban J connectivity index is 1.46. The number of nitrogens with one attached hydrogen (secondary N) is 3. The monoisotopic (exact) mass is 484 g/mol. The number of anilines is 1. The molecule has 180 valence electrons. The number of carbonyl (C=O) groups excluding carboxylic acids is 1. The number of rotatable bonds is 12. The number of aromatic nitrogens is 1. The van der Waals surface area contributed by atoms with Crippen molar-refractivity contribution in [1.29, 1.82) is 5.41 Å². The van der Waals surface area contributed by atoms with Crippen molar-refractivity contribution < 1.29 is 24.6 Å². The first-order valence-corrected chi connectivity index (χ1v) is 11.7. The minimum atomic E-state index is -0.588. The van der Waals surface area contributed by atoms with E-state index in [1.54, 1.807) is 29.8 Å². The molecule has 0 aliphatic carbocycles. The van der Waals surface area contributed by atoms with E-state index in [0.717, 1.165) is 36.1 Å². The summed E-state index contributed by atoms with van der Waals surface area (Å²) in [5, 5.41) is 30.0. The van der Waals surface area contributed by atoms with E-state index in [4.69, 9.17) is 25.2 Å². The van der Waals surface area contributed by atoms with Crippen molar-refractivity contribution in [1.82, 2.24) is 10.5 Å². The van der Waals surface area contributed by atoms with Crippen LogP contribution in [0.15, 0.2) is 47.3 Å². The van der Waals surface area contributed by atoms with Crippen LogP contribution in [-0.4, -0.2) is 46.9 Å². The number of hydrogen-bond donors (Lipinski definition) is 5. The Bertz CT molecular complexity index is 1090. The molecule has 34 heavy (non-hydrogen) atoms. The quantitative estimate of drug-likeness (QED) is 0.113. The largest absolute Gasteiger partial charge is 0.494 e. The maximum atomic E-state index is 11.7. The third kappa shape index (κ3) is 7.01. The van der Waals surface area contributed by atoms with Gasteiger partial charge in [-0.2, -0.15) is 0 Å². The number of amides is 1. The molecule has 3 rings (SSSR count). The topological polar surface area (TPSA) is 137 Å². The van der Waals surface area contributed by atoms with Gasteiger partial charge < -0.3 is 19.9 Å². The molecule has 2 aromatic carbocycles. The molecule has 0 aliphatic heterocycles. The molecule has 0 unspecified atom stereocenters. The number of ether oxygens (including phenoxy) is 2. The molecule has 0 aliphatic rings. The maximum Gasteiger partial charge on any atom is 0.250 e. The van der Waals surface area contributed by atoms with Crippen LogP contribution in [0.5, 0.6) is 11.5 Å². The predicted molar refractivity (Wildman–Crippen MR) is 131 cm³/mol. The number of benzene rings is 2. The third-order valence-electron chi connectivity index (χ3n) is 5.01. The van der Waals surface area contributed by atoms with Gasteiger partial charge in [0.15, 0.2) is 0 Å². The zero-order valence-corrected chi connectivity index (χ0v) is 19.7. The molecule has 0 atom stereocenters. The zero-order valence-electron chi connectivity index (χ0n) is 18.8. The van der Waals surface area contributed by atoms with Crippen molar-refractivity contribution in [3.05, 3.63) is 58.4 Å². The lowest BCUT2D eigenvalue weighted by atomic mass is 10.0. The van der Waals surface area contributed by atoms with Crippen LogP contribution in [-0.2, 0) is 4.79 Å². The number of aliphatic hydroxyl groups is 1. The van der Waals surface area contributed by atoms with E-state index in [1.165, 1.54) is 11.3 Å². The Morgan fingerprint density at radius 2 is 1.79 bits per heavy atom. The molecule has 0 fully saturated rings. The van der Waals surface area contributed by atoms with Crippen LogP contribution < -0.4 is 20.3 Å². The Morgan fingerprint density at radius 3 is 2.41 bits per heavy atom. The van der Waals surface area contributed by atoms with Gasteiger partial charge >= 0.3 is 0 Å². The first kappa shape index (κ1) is 25.2. The molecule has 1 heterocycles. The fourth-order valence-electron chi connectivity index (χ4n) is 3.27. The van der Waals surface area contributed by atoms with Gasteiger partial charge in [0.1, 0.15) is 23.9 Å². The van der Waals surface area contributed by atoms with Crippen LogP contribution in [0.3, 0.4) is 0 Å². The van der Waals surface area contributed by atoms with Crippen molar-refractivity contribution >= 4 is 28.8 Å². The summed E-state index contributed by atoms with van der Waals surface area (Å²) in [5.41, 5.74) is 7.04. The molecule has 10 heteroatoms. The van der Waals surface area contributed by atoms with E-state index in [0.29, 0.717) is 36.0 Å². The second-order valence-electron chi connectivity index (χ2n) is 7.51. The molecule has 0 saturated heterocycles. The molecule has 1 aromatic heterocycles. The zero-order chi connectivity index (χ0) is 24.3. The maximum absolute atomic E-state index is 11.7. The van der Waals surface area contributed by atoms with Crippen molar-refractivity contribution in [3.8, 4) is 22.8 Å². The number of carbonyl (C=O) groups is 1. The number of amidine groups is 1. The van der Waals surface area contributed by atoms with Crippen LogP contribution in [0.1, 0.15) is 30.4 Å². The van der Waals surface area contributed by atoms with Crippen LogP contribution in [0, 0.1) is 12.3 Å². The smallest absolute Gasteiger partial charge is 0.250 e. The summed E-state index contributed by atoms with van der Waals surface area (Å²) in [5.74, 6) is 0.865. The number of hydroxylamine groups is 1. The number of aliphatic hydroxyl groups excluding tert-OH is 1. The van der Waals surface area contributed by atoms with E-state index in [-0.39, 0.29) is 5.84 Å². The Morgan fingerprint density at radius 1 is 1.09 bits per heavy atom. The first-order chi connectivity index (χ1) is 16.5. The highest BCUT2D eigenvalue weighted by Crippen LogP contribution is 2.35. The van der Waals surface area contributed by atoms with E-state index >= 15 is 0 Å². The Labute approximate surface area is 201 Å².